The van der Waals surface area contributed by atoms with E-state index >= 15 is 0 Å². The molecule has 2 atom stereocenters. The number of nitrogens with two attached hydrogens (primary N) is 1. The van der Waals surface area contributed by atoms with Crippen molar-refractivity contribution in [2.24, 2.45) is 11.7 Å². The lowest BCUT2D eigenvalue weighted by molar-refractivity contribution is -0.120. The molecule has 2 aromatic rings. The monoisotopic (exact) mass is 323 g/mol. The normalized spacial score (nSPS) is 20.8. The first-order chi connectivity index (χ1) is 9.74. The molecular weight excluding hydrogens is 306 g/mol. The van der Waals surface area contributed by atoms with Gasteiger partial charge in [0.25, 0.3) is 0 Å². The fourth-order valence-corrected chi connectivity index (χ4v) is 3.28. The molecular formula is C15H18ClN3OS. The third-order valence-corrected chi connectivity index (χ3v) is 4.54. The van der Waals surface area contributed by atoms with Gasteiger partial charge < -0.3 is 11.1 Å². The van der Waals surface area contributed by atoms with E-state index in [2.05, 4.69) is 10.3 Å². The number of benzene rings is 1. The van der Waals surface area contributed by atoms with Crippen molar-refractivity contribution in [3.8, 4) is 10.6 Å². The largest absolute Gasteiger partial charge is 0.327 e. The topological polar surface area (TPSA) is 68.0 Å². The Bertz CT molecular complexity index is 603. The highest BCUT2D eigenvalue weighted by Gasteiger charge is 2.30. The van der Waals surface area contributed by atoms with Crippen LogP contribution < -0.4 is 11.1 Å². The van der Waals surface area contributed by atoms with Crippen molar-refractivity contribution in [3.05, 3.63) is 35.8 Å². The Labute approximate surface area is 134 Å². The molecule has 0 spiro atoms. The van der Waals surface area contributed by atoms with Crippen LogP contribution >= 0.6 is 23.7 Å². The van der Waals surface area contributed by atoms with E-state index < -0.39 is 0 Å². The highest BCUT2D eigenvalue weighted by atomic mass is 35.5. The van der Waals surface area contributed by atoms with Crippen LogP contribution in [0.25, 0.3) is 10.6 Å². The molecule has 6 heteroatoms. The van der Waals surface area contributed by atoms with Gasteiger partial charge in [0, 0.05) is 28.9 Å². The summed E-state index contributed by atoms with van der Waals surface area (Å²) in [5, 5.41) is 5.87. The zero-order valence-electron chi connectivity index (χ0n) is 11.5. The minimum Gasteiger partial charge on any atom is -0.327 e. The van der Waals surface area contributed by atoms with Crippen molar-refractivity contribution in [2.45, 2.75) is 25.3 Å². The van der Waals surface area contributed by atoms with E-state index in [0.29, 0.717) is 0 Å². The Morgan fingerprint density at radius 2 is 2.24 bits per heavy atom. The highest BCUT2D eigenvalue weighted by molar-refractivity contribution is 7.13. The molecule has 0 radical (unpaired) electrons. The van der Waals surface area contributed by atoms with Crippen LogP contribution in [-0.2, 0) is 4.79 Å². The first-order valence-electron chi connectivity index (χ1n) is 6.80. The van der Waals surface area contributed by atoms with Gasteiger partial charge in [-0.3, -0.25) is 4.79 Å². The number of amides is 1. The number of rotatable bonds is 3. The van der Waals surface area contributed by atoms with Gasteiger partial charge in [-0.05, 0) is 25.0 Å². The third-order valence-electron chi connectivity index (χ3n) is 3.72. The van der Waals surface area contributed by atoms with Crippen molar-refractivity contribution in [3.63, 3.8) is 0 Å². The second-order valence-electron chi connectivity index (χ2n) is 5.11. The number of nitrogens with one attached hydrogen (secondary N) is 1. The van der Waals surface area contributed by atoms with Gasteiger partial charge >= 0.3 is 0 Å². The second kappa shape index (κ2) is 7.02. The lowest BCUT2D eigenvalue weighted by Crippen LogP contribution is -2.34. The predicted molar refractivity (Wildman–Crippen MR) is 88.7 cm³/mol. The number of nitrogens with zero attached hydrogens (tertiary/aromatic N) is 1. The van der Waals surface area contributed by atoms with E-state index in [1.54, 1.807) is 17.5 Å². The summed E-state index contributed by atoms with van der Waals surface area (Å²) in [5.41, 5.74) is 7.80. The molecule has 3 rings (SSSR count). The van der Waals surface area contributed by atoms with Gasteiger partial charge in [-0.25, -0.2) is 4.98 Å². The molecule has 1 saturated carbocycles. The molecule has 0 aliphatic heterocycles. The summed E-state index contributed by atoms with van der Waals surface area (Å²) < 4.78 is 0. The third kappa shape index (κ3) is 3.61. The van der Waals surface area contributed by atoms with Crippen molar-refractivity contribution in [1.82, 2.24) is 4.98 Å². The Kier molecular flexibility index (Phi) is 5.33. The zero-order chi connectivity index (χ0) is 13.9. The first kappa shape index (κ1) is 15.9. The molecule has 4 nitrogen and oxygen atoms in total. The van der Waals surface area contributed by atoms with Crippen molar-refractivity contribution in [2.75, 3.05) is 5.32 Å². The molecule has 1 heterocycles. The van der Waals surface area contributed by atoms with E-state index in [4.69, 9.17) is 5.73 Å². The Morgan fingerprint density at radius 3 is 2.90 bits per heavy atom. The van der Waals surface area contributed by atoms with Crippen LogP contribution in [0.4, 0.5) is 5.69 Å². The molecule has 2 unspecified atom stereocenters. The number of hydrogen-bond donors (Lipinski definition) is 2. The molecule has 3 N–H and O–H groups in total. The first-order valence-corrected chi connectivity index (χ1v) is 7.68. The van der Waals surface area contributed by atoms with E-state index in [1.807, 2.05) is 29.6 Å². The lowest BCUT2D eigenvalue weighted by atomic mass is 10.0. The Balaban J connectivity index is 0.00000161. The number of halogens is 1. The van der Waals surface area contributed by atoms with Crippen LogP contribution in [0, 0.1) is 5.92 Å². The highest BCUT2D eigenvalue weighted by Crippen LogP contribution is 2.27. The fourth-order valence-electron chi connectivity index (χ4n) is 2.65. The predicted octanol–water partition coefficient (Wildman–Crippen LogP) is 3.30. The van der Waals surface area contributed by atoms with Crippen LogP contribution in [0.2, 0.25) is 0 Å². The fraction of sp³-hybridized carbons (Fsp3) is 0.333. The smallest absolute Gasteiger partial charge is 0.229 e. The minimum atomic E-state index is -0.0569. The average Bonchev–Trinajstić information content (AvgIpc) is 3.09. The SMILES string of the molecule is Cl.NC1CCCC1C(=O)Nc1cccc(-c2nccs2)c1. The molecule has 1 aromatic carbocycles. The maximum atomic E-state index is 12.2. The van der Waals surface area contributed by atoms with Crippen LogP contribution in [0.1, 0.15) is 19.3 Å². The molecule has 0 saturated heterocycles. The van der Waals surface area contributed by atoms with Gasteiger partial charge in [0.2, 0.25) is 5.91 Å². The molecule has 0 bridgehead atoms. The molecule has 112 valence electrons. The summed E-state index contributed by atoms with van der Waals surface area (Å²) in [5.74, 6) is -0.0233. The second-order valence-corrected chi connectivity index (χ2v) is 6.00. The van der Waals surface area contributed by atoms with E-state index in [1.165, 1.54) is 0 Å². The van der Waals surface area contributed by atoms with Gasteiger partial charge in [0.15, 0.2) is 0 Å². The number of carbonyl (C=O) groups is 1. The number of aromatic nitrogens is 1. The van der Waals surface area contributed by atoms with Crippen LogP contribution in [0.15, 0.2) is 35.8 Å². The van der Waals surface area contributed by atoms with E-state index in [-0.39, 0.29) is 30.3 Å². The molecule has 1 fully saturated rings. The summed E-state index contributed by atoms with van der Waals surface area (Å²) in [4.78, 5) is 16.5. The Hall–Kier alpha value is -1.43. The maximum Gasteiger partial charge on any atom is 0.229 e. The van der Waals surface area contributed by atoms with Crippen molar-refractivity contribution < 1.29 is 4.79 Å². The summed E-state index contributed by atoms with van der Waals surface area (Å²) in [6.45, 7) is 0. The van der Waals surface area contributed by atoms with Crippen molar-refractivity contribution >= 4 is 35.3 Å². The molecule has 1 aliphatic rings. The summed E-state index contributed by atoms with van der Waals surface area (Å²) in [6, 6.07) is 7.78. The molecule has 1 aliphatic carbocycles. The molecule has 1 aromatic heterocycles. The van der Waals surface area contributed by atoms with Crippen molar-refractivity contribution in [1.29, 1.82) is 0 Å². The Morgan fingerprint density at radius 1 is 1.38 bits per heavy atom. The zero-order valence-corrected chi connectivity index (χ0v) is 13.1. The molecule has 21 heavy (non-hydrogen) atoms. The quantitative estimate of drug-likeness (QED) is 0.910. The number of anilines is 1. The lowest BCUT2D eigenvalue weighted by Gasteiger charge is -2.15. The summed E-state index contributed by atoms with van der Waals surface area (Å²) >= 11 is 1.59. The van der Waals surface area contributed by atoms with Gasteiger partial charge in [-0.15, -0.1) is 23.7 Å². The van der Waals surface area contributed by atoms with Gasteiger partial charge in [-0.1, -0.05) is 18.6 Å². The number of hydrogen-bond acceptors (Lipinski definition) is 4. The number of thiazole rings is 1. The average molecular weight is 324 g/mol. The van der Waals surface area contributed by atoms with Crippen LogP contribution in [0.3, 0.4) is 0 Å². The standard InChI is InChI=1S/C15H17N3OS.ClH/c16-13-6-2-5-12(13)14(19)18-11-4-1-3-10(9-11)15-17-7-8-20-15;/h1,3-4,7-9,12-13H,2,5-6,16H2,(H,18,19);1H. The van der Waals surface area contributed by atoms with E-state index in [9.17, 15) is 4.79 Å². The van der Waals surface area contributed by atoms with Gasteiger partial charge in [0.05, 0.1) is 5.92 Å². The van der Waals surface area contributed by atoms with Crippen LogP contribution in [-0.4, -0.2) is 16.9 Å². The van der Waals surface area contributed by atoms with Crippen LogP contribution in [0.5, 0.6) is 0 Å². The summed E-state index contributed by atoms with van der Waals surface area (Å²) in [7, 11) is 0. The number of carbonyl (C=O) groups excluding carboxylic acids is 1. The summed E-state index contributed by atoms with van der Waals surface area (Å²) in [6.07, 6.45) is 4.65. The maximum absolute atomic E-state index is 12.2. The minimum absolute atomic E-state index is 0. The van der Waals surface area contributed by atoms with Gasteiger partial charge in [-0.2, -0.15) is 0 Å². The molecule has 1 amide bonds. The van der Waals surface area contributed by atoms with E-state index in [0.717, 1.165) is 35.5 Å². The van der Waals surface area contributed by atoms with Gasteiger partial charge in [0.1, 0.15) is 5.01 Å².